The highest BCUT2D eigenvalue weighted by Crippen LogP contribution is 2.23. The molecule has 1 aromatic carbocycles. The number of hydrogen-bond acceptors (Lipinski definition) is 2. The van der Waals surface area contributed by atoms with Gasteiger partial charge in [-0.3, -0.25) is 0 Å². The zero-order chi connectivity index (χ0) is 15.2. The van der Waals surface area contributed by atoms with Crippen molar-refractivity contribution in [1.82, 2.24) is 5.32 Å². The fraction of sp³-hybridized carbons (Fsp3) is 0.647. The van der Waals surface area contributed by atoms with Crippen LogP contribution in [0.25, 0.3) is 0 Å². The van der Waals surface area contributed by atoms with Gasteiger partial charge in [0, 0.05) is 24.2 Å². The van der Waals surface area contributed by atoms with Gasteiger partial charge in [-0.1, -0.05) is 37.6 Å². The maximum Gasteiger partial charge on any atom is 0.0598 e. The smallest absolute Gasteiger partial charge is 0.0598 e. The molecule has 0 radical (unpaired) electrons. The van der Waals surface area contributed by atoms with Crippen molar-refractivity contribution in [3.8, 4) is 0 Å². The molecule has 1 aromatic rings. The molecule has 0 amide bonds. The predicted molar refractivity (Wildman–Crippen MR) is 87.7 cm³/mol. The van der Waals surface area contributed by atoms with Gasteiger partial charge in [0.2, 0.25) is 0 Å². The summed E-state index contributed by atoms with van der Waals surface area (Å²) in [6.45, 7) is 12.3. The molecule has 1 atom stereocenters. The molecule has 2 nitrogen and oxygen atoms in total. The fourth-order valence-corrected chi connectivity index (χ4v) is 2.23. The number of halogens is 1. The largest absolute Gasteiger partial charge is 0.376 e. The van der Waals surface area contributed by atoms with Gasteiger partial charge in [0.15, 0.2) is 0 Å². The lowest BCUT2D eigenvalue weighted by molar-refractivity contribution is -0.00628. The van der Waals surface area contributed by atoms with E-state index in [-0.39, 0.29) is 5.60 Å². The summed E-state index contributed by atoms with van der Waals surface area (Å²) < 4.78 is 5.86. The number of nitrogens with one attached hydrogen (secondary N) is 1. The summed E-state index contributed by atoms with van der Waals surface area (Å²) in [6, 6.07) is 8.63. The molecule has 114 valence electrons. The first kappa shape index (κ1) is 17.5. The molecule has 0 saturated carbocycles. The number of benzene rings is 1. The Labute approximate surface area is 128 Å². The van der Waals surface area contributed by atoms with Crippen LogP contribution in [0, 0.1) is 0 Å². The van der Waals surface area contributed by atoms with Crippen LogP contribution in [0.4, 0.5) is 0 Å². The van der Waals surface area contributed by atoms with Gasteiger partial charge >= 0.3 is 0 Å². The quantitative estimate of drug-likeness (QED) is 0.792. The van der Waals surface area contributed by atoms with Crippen LogP contribution >= 0.6 is 11.6 Å². The van der Waals surface area contributed by atoms with E-state index in [4.69, 9.17) is 16.3 Å². The Kier molecular flexibility index (Phi) is 7.01. The van der Waals surface area contributed by atoms with Crippen LogP contribution in [-0.4, -0.2) is 24.8 Å². The van der Waals surface area contributed by atoms with Crippen molar-refractivity contribution in [2.24, 2.45) is 0 Å². The first-order valence-corrected chi connectivity index (χ1v) is 7.78. The van der Waals surface area contributed by atoms with Crippen molar-refractivity contribution in [3.63, 3.8) is 0 Å². The van der Waals surface area contributed by atoms with Gasteiger partial charge in [0.05, 0.1) is 5.60 Å². The molecule has 0 aliphatic heterocycles. The molecule has 0 aliphatic carbocycles. The molecular weight excluding hydrogens is 270 g/mol. The Morgan fingerprint density at radius 2 is 1.95 bits per heavy atom. The number of ether oxygens (including phenoxy) is 1. The van der Waals surface area contributed by atoms with E-state index in [9.17, 15) is 0 Å². The van der Waals surface area contributed by atoms with Gasteiger partial charge < -0.3 is 10.1 Å². The van der Waals surface area contributed by atoms with Gasteiger partial charge in [-0.05, 0) is 50.8 Å². The zero-order valence-electron chi connectivity index (χ0n) is 13.4. The van der Waals surface area contributed by atoms with E-state index < -0.39 is 0 Å². The van der Waals surface area contributed by atoms with Crippen molar-refractivity contribution in [1.29, 1.82) is 0 Å². The summed E-state index contributed by atoms with van der Waals surface area (Å²) in [4.78, 5) is 0. The topological polar surface area (TPSA) is 21.3 Å². The van der Waals surface area contributed by atoms with Crippen LogP contribution in [-0.2, 0) is 4.74 Å². The van der Waals surface area contributed by atoms with Crippen LogP contribution in [0.3, 0.4) is 0 Å². The second-order valence-electron chi connectivity index (χ2n) is 6.56. The van der Waals surface area contributed by atoms with E-state index in [0.29, 0.717) is 12.0 Å². The van der Waals surface area contributed by atoms with Crippen LogP contribution < -0.4 is 5.32 Å². The lowest BCUT2D eigenvalue weighted by Gasteiger charge is -2.24. The van der Waals surface area contributed by atoms with Crippen LogP contribution in [0.1, 0.15) is 52.5 Å². The Morgan fingerprint density at radius 3 is 2.50 bits per heavy atom. The van der Waals surface area contributed by atoms with Crippen LogP contribution in [0.15, 0.2) is 24.3 Å². The van der Waals surface area contributed by atoms with E-state index in [1.165, 1.54) is 5.56 Å². The van der Waals surface area contributed by atoms with Gasteiger partial charge in [-0.15, -0.1) is 0 Å². The minimum absolute atomic E-state index is 0.0790. The zero-order valence-corrected chi connectivity index (χ0v) is 14.1. The van der Waals surface area contributed by atoms with Crippen molar-refractivity contribution in [2.75, 3.05) is 13.2 Å². The summed E-state index contributed by atoms with van der Waals surface area (Å²) >= 11 is 6.11. The fourth-order valence-electron chi connectivity index (χ4n) is 2.03. The molecule has 1 rings (SSSR count). The first-order valence-electron chi connectivity index (χ1n) is 7.41. The minimum Gasteiger partial charge on any atom is -0.376 e. The summed E-state index contributed by atoms with van der Waals surface area (Å²) in [5.41, 5.74) is 1.20. The van der Waals surface area contributed by atoms with Crippen molar-refractivity contribution < 1.29 is 4.74 Å². The molecular formula is C17H28ClNO. The Hall–Kier alpha value is -0.570. The standard InChI is InChI=1S/C17H28ClNO/c1-13(2)19-12-15(9-10-20-17(3,4)5)14-7-6-8-16(18)11-14/h6-8,11,13,15,19H,9-10,12H2,1-5H3. The predicted octanol–water partition coefficient (Wildman–Crippen LogP) is 4.63. The molecule has 1 N–H and O–H groups in total. The highest BCUT2D eigenvalue weighted by atomic mass is 35.5. The van der Waals surface area contributed by atoms with Crippen molar-refractivity contribution in [3.05, 3.63) is 34.9 Å². The number of rotatable bonds is 7. The molecule has 0 saturated heterocycles. The lowest BCUT2D eigenvalue weighted by atomic mass is 9.95. The third-order valence-electron chi connectivity index (χ3n) is 3.09. The minimum atomic E-state index is -0.0790. The summed E-state index contributed by atoms with van der Waals surface area (Å²) in [5.74, 6) is 0.429. The van der Waals surface area contributed by atoms with Crippen molar-refractivity contribution >= 4 is 11.6 Å². The summed E-state index contributed by atoms with van der Waals surface area (Å²) in [5, 5.41) is 4.31. The Morgan fingerprint density at radius 1 is 1.25 bits per heavy atom. The van der Waals surface area contributed by atoms with Gasteiger partial charge in [0.25, 0.3) is 0 Å². The van der Waals surface area contributed by atoms with Crippen LogP contribution in [0.5, 0.6) is 0 Å². The van der Waals surface area contributed by atoms with Gasteiger partial charge in [0.1, 0.15) is 0 Å². The van der Waals surface area contributed by atoms with Crippen molar-refractivity contribution in [2.45, 2.75) is 58.6 Å². The molecule has 20 heavy (non-hydrogen) atoms. The monoisotopic (exact) mass is 297 g/mol. The molecule has 3 heteroatoms. The Bertz CT molecular complexity index is 398. The van der Waals surface area contributed by atoms with Gasteiger partial charge in [-0.2, -0.15) is 0 Å². The van der Waals surface area contributed by atoms with E-state index in [2.05, 4.69) is 52.1 Å². The highest BCUT2D eigenvalue weighted by Gasteiger charge is 2.15. The van der Waals surface area contributed by atoms with E-state index in [1.54, 1.807) is 0 Å². The third-order valence-corrected chi connectivity index (χ3v) is 3.33. The Balaban J connectivity index is 2.65. The molecule has 0 fully saturated rings. The molecule has 0 aliphatic rings. The molecule has 0 bridgehead atoms. The summed E-state index contributed by atoms with van der Waals surface area (Å²) in [7, 11) is 0. The first-order chi connectivity index (χ1) is 9.28. The molecule has 0 spiro atoms. The highest BCUT2D eigenvalue weighted by molar-refractivity contribution is 6.30. The van der Waals surface area contributed by atoms with E-state index in [0.717, 1.165) is 24.6 Å². The average molecular weight is 298 g/mol. The second-order valence-corrected chi connectivity index (χ2v) is 7.00. The molecule has 0 heterocycles. The van der Waals surface area contributed by atoms with Gasteiger partial charge in [-0.25, -0.2) is 0 Å². The van der Waals surface area contributed by atoms with E-state index >= 15 is 0 Å². The maximum absolute atomic E-state index is 6.11. The molecule has 0 aromatic heterocycles. The number of hydrogen-bond donors (Lipinski definition) is 1. The SMILES string of the molecule is CC(C)NCC(CCOC(C)(C)C)c1cccc(Cl)c1. The lowest BCUT2D eigenvalue weighted by Crippen LogP contribution is -2.29. The summed E-state index contributed by atoms with van der Waals surface area (Å²) in [6.07, 6.45) is 0.997. The molecule has 1 unspecified atom stereocenters. The normalized spacial score (nSPS) is 13.8. The third kappa shape index (κ3) is 7.28. The average Bonchev–Trinajstić information content (AvgIpc) is 2.31. The van der Waals surface area contributed by atoms with E-state index in [1.807, 2.05) is 12.1 Å². The second kappa shape index (κ2) is 8.02. The maximum atomic E-state index is 6.11. The van der Waals surface area contributed by atoms with Crippen LogP contribution in [0.2, 0.25) is 5.02 Å².